The van der Waals surface area contributed by atoms with Gasteiger partial charge in [0.05, 0.1) is 20.3 Å². The fourth-order valence-corrected chi connectivity index (χ4v) is 3.24. The minimum Gasteiger partial charge on any atom is -0.496 e. The molecule has 6 heteroatoms. The van der Waals surface area contributed by atoms with Crippen LogP contribution in [0.1, 0.15) is 16.8 Å². The molecule has 3 rings (SSSR count). The molecule has 1 heterocycles. The number of carbonyl (C=O) groups excluding carboxylic acids is 1. The van der Waals surface area contributed by atoms with E-state index in [1.54, 1.807) is 48.4 Å². The number of halogens is 1. The van der Waals surface area contributed by atoms with E-state index in [-0.39, 0.29) is 19.1 Å². The molecule has 1 atom stereocenters. The van der Waals surface area contributed by atoms with Crippen LogP contribution in [-0.2, 0) is 0 Å². The number of amides is 1. The molecule has 2 N–H and O–H groups in total. The van der Waals surface area contributed by atoms with Crippen molar-refractivity contribution in [2.24, 2.45) is 0 Å². The summed E-state index contributed by atoms with van der Waals surface area (Å²) < 4.78 is 5.38. The fraction of sp³-hybridized carbons (Fsp3) is 0.316. The lowest BCUT2D eigenvalue weighted by atomic mass is 10.0. The van der Waals surface area contributed by atoms with Crippen LogP contribution in [0.4, 0.5) is 0 Å². The maximum Gasteiger partial charge on any atom is 0.253 e. The highest BCUT2D eigenvalue weighted by molar-refractivity contribution is 6.31. The molecule has 1 aliphatic rings. The second kappa shape index (κ2) is 7.04. The van der Waals surface area contributed by atoms with E-state index < -0.39 is 5.60 Å². The highest BCUT2D eigenvalue weighted by Gasteiger charge is 2.37. The average Bonchev–Trinajstić information content (AvgIpc) is 3.04. The lowest BCUT2D eigenvalue weighted by molar-refractivity contribution is -0.00455. The van der Waals surface area contributed by atoms with E-state index in [0.29, 0.717) is 29.3 Å². The molecule has 0 aromatic heterocycles. The molecule has 0 saturated carbocycles. The number of aliphatic hydroxyl groups is 2. The third-order valence-corrected chi connectivity index (χ3v) is 4.73. The number of methoxy groups -OCH3 is 1. The van der Waals surface area contributed by atoms with E-state index in [0.717, 1.165) is 11.1 Å². The number of nitrogens with zero attached hydrogens (tertiary/aromatic N) is 1. The van der Waals surface area contributed by atoms with Gasteiger partial charge in [0.15, 0.2) is 0 Å². The quantitative estimate of drug-likeness (QED) is 0.878. The Hall–Kier alpha value is -2.08. The number of likely N-dealkylation sites (tertiary alicyclic amines) is 1. The number of ether oxygens (including phenoxy) is 1. The van der Waals surface area contributed by atoms with E-state index in [1.165, 1.54) is 0 Å². The Kier molecular flexibility index (Phi) is 4.99. The van der Waals surface area contributed by atoms with Crippen molar-refractivity contribution in [3.8, 4) is 16.9 Å². The molecule has 132 valence electrons. The van der Waals surface area contributed by atoms with Gasteiger partial charge in [-0.05, 0) is 42.3 Å². The number of hydrogen-bond donors (Lipinski definition) is 2. The van der Waals surface area contributed by atoms with Gasteiger partial charge in [0.1, 0.15) is 11.4 Å². The molecule has 25 heavy (non-hydrogen) atoms. The lowest BCUT2D eigenvalue weighted by Crippen LogP contribution is -2.38. The Labute approximate surface area is 151 Å². The second-order valence-electron chi connectivity index (χ2n) is 6.28. The van der Waals surface area contributed by atoms with Crippen LogP contribution in [-0.4, -0.2) is 53.4 Å². The summed E-state index contributed by atoms with van der Waals surface area (Å²) in [5.41, 5.74) is 0.935. The topological polar surface area (TPSA) is 70.0 Å². The molecule has 0 aliphatic carbocycles. The molecule has 1 amide bonds. The van der Waals surface area contributed by atoms with Crippen LogP contribution >= 0.6 is 11.6 Å². The van der Waals surface area contributed by atoms with Gasteiger partial charge in [0, 0.05) is 22.7 Å². The highest BCUT2D eigenvalue weighted by Crippen LogP contribution is 2.33. The van der Waals surface area contributed by atoms with E-state index in [2.05, 4.69) is 0 Å². The molecule has 5 nitrogen and oxygen atoms in total. The maximum atomic E-state index is 12.7. The van der Waals surface area contributed by atoms with Crippen molar-refractivity contribution in [1.82, 2.24) is 4.90 Å². The summed E-state index contributed by atoms with van der Waals surface area (Å²) in [5, 5.41) is 20.0. The largest absolute Gasteiger partial charge is 0.496 e. The van der Waals surface area contributed by atoms with Crippen LogP contribution in [0.3, 0.4) is 0 Å². The molecule has 1 fully saturated rings. The first-order valence-electron chi connectivity index (χ1n) is 8.02. The Bertz CT molecular complexity index is 795. The SMILES string of the molecule is COc1ccc(Cl)cc1-c1cccc(C(=O)N2CC[C@](O)(CO)C2)c1. The molecule has 0 bridgehead atoms. The Morgan fingerprint density at radius 3 is 2.80 bits per heavy atom. The molecule has 1 saturated heterocycles. The van der Waals surface area contributed by atoms with E-state index in [1.807, 2.05) is 6.07 Å². The van der Waals surface area contributed by atoms with Crippen LogP contribution in [0.25, 0.3) is 11.1 Å². The number of aliphatic hydroxyl groups excluding tert-OH is 1. The summed E-state index contributed by atoms with van der Waals surface area (Å²) in [5.74, 6) is 0.497. The number of hydrogen-bond acceptors (Lipinski definition) is 4. The summed E-state index contributed by atoms with van der Waals surface area (Å²) >= 11 is 6.09. The van der Waals surface area contributed by atoms with E-state index >= 15 is 0 Å². The third kappa shape index (κ3) is 3.63. The van der Waals surface area contributed by atoms with Crippen molar-refractivity contribution in [3.63, 3.8) is 0 Å². The summed E-state index contributed by atoms with van der Waals surface area (Å²) in [6, 6.07) is 12.5. The second-order valence-corrected chi connectivity index (χ2v) is 6.72. The van der Waals surface area contributed by atoms with E-state index in [9.17, 15) is 15.0 Å². The van der Waals surface area contributed by atoms with Crippen LogP contribution in [0.2, 0.25) is 5.02 Å². The van der Waals surface area contributed by atoms with E-state index in [4.69, 9.17) is 16.3 Å². The first-order valence-corrected chi connectivity index (χ1v) is 8.40. The maximum absolute atomic E-state index is 12.7. The molecule has 1 aliphatic heterocycles. The predicted octanol–water partition coefficient (Wildman–Crippen LogP) is 2.58. The van der Waals surface area contributed by atoms with Gasteiger partial charge in [0.2, 0.25) is 0 Å². The van der Waals surface area contributed by atoms with Gasteiger partial charge in [-0.3, -0.25) is 4.79 Å². The fourth-order valence-electron chi connectivity index (χ4n) is 3.07. The number of rotatable bonds is 4. The molecule has 2 aromatic carbocycles. The van der Waals surface area contributed by atoms with Gasteiger partial charge in [-0.2, -0.15) is 0 Å². The summed E-state index contributed by atoms with van der Waals surface area (Å²) in [6.07, 6.45) is 0.372. The minimum atomic E-state index is -1.20. The molecule has 2 aromatic rings. The number of benzene rings is 2. The first kappa shape index (κ1) is 17.7. The van der Waals surface area contributed by atoms with Crippen LogP contribution < -0.4 is 4.74 Å². The standard InChI is InChI=1S/C19H20ClNO4/c1-25-17-6-5-15(20)10-16(17)13-3-2-4-14(9-13)18(23)21-8-7-19(24,11-21)12-22/h2-6,9-10,22,24H,7-8,11-12H2,1H3/t19-/m1/s1. The van der Waals surface area contributed by atoms with Crippen molar-refractivity contribution in [2.45, 2.75) is 12.0 Å². The zero-order valence-electron chi connectivity index (χ0n) is 13.9. The molecular weight excluding hydrogens is 342 g/mol. The highest BCUT2D eigenvalue weighted by atomic mass is 35.5. The van der Waals surface area contributed by atoms with Gasteiger partial charge < -0.3 is 19.8 Å². The van der Waals surface area contributed by atoms with Crippen molar-refractivity contribution >= 4 is 17.5 Å². The zero-order valence-corrected chi connectivity index (χ0v) is 14.7. The van der Waals surface area contributed by atoms with Gasteiger partial charge in [-0.1, -0.05) is 23.7 Å². The van der Waals surface area contributed by atoms with Crippen molar-refractivity contribution in [3.05, 3.63) is 53.1 Å². The van der Waals surface area contributed by atoms with Gasteiger partial charge >= 0.3 is 0 Å². The Morgan fingerprint density at radius 2 is 2.12 bits per heavy atom. The minimum absolute atomic E-state index is 0.132. The normalized spacial score (nSPS) is 19.9. The first-order chi connectivity index (χ1) is 12.0. The summed E-state index contributed by atoms with van der Waals surface area (Å²) in [6.45, 7) is 0.199. The molecule has 0 spiro atoms. The molecule has 0 radical (unpaired) electrons. The van der Waals surface area contributed by atoms with Crippen LogP contribution in [0.5, 0.6) is 5.75 Å². The summed E-state index contributed by atoms with van der Waals surface area (Å²) in [4.78, 5) is 14.3. The van der Waals surface area contributed by atoms with Gasteiger partial charge in [-0.15, -0.1) is 0 Å². The summed E-state index contributed by atoms with van der Waals surface area (Å²) in [7, 11) is 1.59. The third-order valence-electron chi connectivity index (χ3n) is 4.50. The molecule has 0 unspecified atom stereocenters. The van der Waals surface area contributed by atoms with Gasteiger partial charge in [0.25, 0.3) is 5.91 Å². The Balaban J connectivity index is 1.90. The smallest absolute Gasteiger partial charge is 0.253 e. The van der Waals surface area contributed by atoms with Gasteiger partial charge in [-0.25, -0.2) is 0 Å². The van der Waals surface area contributed by atoms with Crippen molar-refractivity contribution < 1.29 is 19.7 Å². The number of carbonyl (C=O) groups is 1. The lowest BCUT2D eigenvalue weighted by Gasteiger charge is -2.21. The predicted molar refractivity (Wildman–Crippen MR) is 96.0 cm³/mol. The molecular formula is C19H20ClNO4. The number of β-amino-alcohol motifs (C(OH)–C–C–N with tert-alkyl or cyclic N) is 1. The zero-order chi connectivity index (χ0) is 18.0. The van der Waals surface area contributed by atoms with Crippen LogP contribution in [0.15, 0.2) is 42.5 Å². The van der Waals surface area contributed by atoms with Crippen molar-refractivity contribution in [1.29, 1.82) is 0 Å². The average molecular weight is 362 g/mol. The monoisotopic (exact) mass is 361 g/mol. The van der Waals surface area contributed by atoms with Crippen molar-refractivity contribution in [2.75, 3.05) is 26.8 Å². The Morgan fingerprint density at radius 1 is 1.32 bits per heavy atom. The van der Waals surface area contributed by atoms with Crippen LogP contribution in [0, 0.1) is 0 Å².